The fraction of sp³-hybridized carbons (Fsp3) is 0.143. The summed E-state index contributed by atoms with van der Waals surface area (Å²) < 4.78 is 31.1. The minimum atomic E-state index is -2.88. The molecule has 0 atom stereocenters. The number of rotatable bonds is 4. The van der Waals surface area contributed by atoms with Crippen LogP contribution in [-0.4, -0.2) is 28.3 Å². The van der Waals surface area contributed by atoms with Gasteiger partial charge in [-0.15, -0.1) is 5.10 Å². The first-order chi connectivity index (χ1) is 10.2. The lowest BCUT2D eigenvalue weighted by Gasteiger charge is -2.10. The molecular formula is C14H12F2N4O. The summed E-state index contributed by atoms with van der Waals surface area (Å²) >= 11 is 0. The zero-order chi connectivity index (χ0) is 14.8. The molecule has 2 aromatic heterocycles. The second-order valence-corrected chi connectivity index (χ2v) is 4.26. The first-order valence-electron chi connectivity index (χ1n) is 6.26. The van der Waals surface area contributed by atoms with Crippen LogP contribution in [0.5, 0.6) is 5.75 Å². The molecule has 0 saturated carbocycles. The number of halogens is 2. The molecule has 5 nitrogen and oxygen atoms in total. The van der Waals surface area contributed by atoms with Crippen LogP contribution < -0.4 is 10.1 Å². The second kappa shape index (κ2) is 5.35. The molecule has 0 unspecified atom stereocenters. The van der Waals surface area contributed by atoms with Crippen LogP contribution in [0, 0.1) is 0 Å². The molecule has 2 heterocycles. The number of nitrogens with one attached hydrogen (secondary N) is 1. The van der Waals surface area contributed by atoms with Gasteiger partial charge in [0.15, 0.2) is 5.65 Å². The van der Waals surface area contributed by atoms with E-state index in [2.05, 4.69) is 20.1 Å². The molecule has 0 fully saturated rings. The van der Waals surface area contributed by atoms with Crippen molar-refractivity contribution in [3.63, 3.8) is 0 Å². The van der Waals surface area contributed by atoms with Crippen LogP contribution in [0.3, 0.4) is 0 Å². The van der Waals surface area contributed by atoms with E-state index in [9.17, 15) is 8.78 Å². The first kappa shape index (κ1) is 13.3. The van der Waals surface area contributed by atoms with Crippen LogP contribution in [0.25, 0.3) is 16.9 Å². The number of aromatic nitrogens is 3. The highest BCUT2D eigenvalue weighted by molar-refractivity contribution is 5.69. The van der Waals surface area contributed by atoms with Crippen molar-refractivity contribution in [3.05, 3.63) is 42.6 Å². The third-order valence-electron chi connectivity index (χ3n) is 3.00. The van der Waals surface area contributed by atoms with Crippen LogP contribution in [0.15, 0.2) is 42.6 Å². The van der Waals surface area contributed by atoms with Crippen LogP contribution in [0.1, 0.15) is 0 Å². The number of fused-ring (bicyclic) bond motifs is 1. The van der Waals surface area contributed by atoms with Gasteiger partial charge in [0, 0.05) is 12.6 Å². The molecule has 0 bridgehead atoms. The largest absolute Gasteiger partial charge is 0.434 e. The molecular weight excluding hydrogens is 278 g/mol. The highest BCUT2D eigenvalue weighted by atomic mass is 19.3. The lowest BCUT2D eigenvalue weighted by Crippen LogP contribution is -2.04. The van der Waals surface area contributed by atoms with Gasteiger partial charge in [0.2, 0.25) is 0 Å². The van der Waals surface area contributed by atoms with Gasteiger partial charge in [-0.25, -0.2) is 9.50 Å². The summed E-state index contributed by atoms with van der Waals surface area (Å²) in [6.07, 6.45) is 1.58. The normalized spacial score (nSPS) is 11.0. The molecule has 0 spiro atoms. The highest BCUT2D eigenvalue weighted by Crippen LogP contribution is 2.31. The summed E-state index contributed by atoms with van der Waals surface area (Å²) in [5.74, 6) is 0.736. The summed E-state index contributed by atoms with van der Waals surface area (Å²) in [5, 5.41) is 7.27. The van der Waals surface area contributed by atoms with E-state index in [1.54, 1.807) is 48.1 Å². The zero-order valence-corrected chi connectivity index (χ0v) is 11.1. The average molecular weight is 290 g/mol. The van der Waals surface area contributed by atoms with Crippen molar-refractivity contribution in [1.29, 1.82) is 0 Å². The fourth-order valence-corrected chi connectivity index (χ4v) is 2.07. The Morgan fingerprint density at radius 2 is 2.00 bits per heavy atom. The molecule has 21 heavy (non-hydrogen) atoms. The Labute approximate surface area is 119 Å². The second-order valence-electron chi connectivity index (χ2n) is 4.26. The number of hydrogen-bond donors (Lipinski definition) is 1. The summed E-state index contributed by atoms with van der Waals surface area (Å²) in [4.78, 5) is 4.22. The smallest absolute Gasteiger partial charge is 0.387 e. The third-order valence-corrected chi connectivity index (χ3v) is 3.00. The van der Waals surface area contributed by atoms with Crippen molar-refractivity contribution in [1.82, 2.24) is 14.6 Å². The molecule has 0 saturated heterocycles. The molecule has 0 amide bonds. The Hall–Kier alpha value is -2.70. The topological polar surface area (TPSA) is 51.5 Å². The van der Waals surface area contributed by atoms with Crippen LogP contribution in [-0.2, 0) is 0 Å². The number of ether oxygens (including phenoxy) is 1. The molecule has 7 heteroatoms. The summed E-state index contributed by atoms with van der Waals surface area (Å²) in [5.41, 5.74) is 1.71. The quantitative estimate of drug-likeness (QED) is 0.802. The number of benzene rings is 1. The maximum Gasteiger partial charge on any atom is 0.387 e. The van der Waals surface area contributed by atoms with Gasteiger partial charge in [-0.05, 0) is 24.3 Å². The lowest BCUT2D eigenvalue weighted by atomic mass is 10.1. The van der Waals surface area contributed by atoms with Crippen molar-refractivity contribution >= 4 is 11.5 Å². The molecule has 0 radical (unpaired) electrons. The molecule has 0 aliphatic carbocycles. The third kappa shape index (κ3) is 2.49. The van der Waals surface area contributed by atoms with E-state index in [0.717, 1.165) is 0 Å². The Morgan fingerprint density at radius 3 is 2.76 bits per heavy atom. The van der Waals surface area contributed by atoms with E-state index in [1.165, 1.54) is 6.07 Å². The lowest BCUT2D eigenvalue weighted by molar-refractivity contribution is -0.0494. The predicted octanol–water partition coefficient (Wildman–Crippen LogP) is 3.04. The van der Waals surface area contributed by atoms with E-state index in [1.807, 2.05) is 0 Å². The molecule has 3 rings (SSSR count). The SMILES string of the molecule is CNc1ccc2ncc(-c3ccccc3OC(F)F)n2n1. The minimum absolute atomic E-state index is 0.0889. The van der Waals surface area contributed by atoms with Gasteiger partial charge in [-0.2, -0.15) is 8.78 Å². The molecule has 1 N–H and O–H groups in total. The molecule has 0 aliphatic heterocycles. The van der Waals surface area contributed by atoms with E-state index in [-0.39, 0.29) is 5.75 Å². The van der Waals surface area contributed by atoms with Crippen molar-refractivity contribution in [2.75, 3.05) is 12.4 Å². The van der Waals surface area contributed by atoms with E-state index in [4.69, 9.17) is 0 Å². The Kier molecular flexibility index (Phi) is 3.39. The number of anilines is 1. The number of nitrogens with zero attached hydrogens (tertiary/aromatic N) is 3. The van der Waals surface area contributed by atoms with Gasteiger partial charge in [0.1, 0.15) is 11.6 Å². The van der Waals surface area contributed by atoms with E-state index >= 15 is 0 Å². The van der Waals surface area contributed by atoms with E-state index in [0.29, 0.717) is 22.7 Å². The van der Waals surface area contributed by atoms with Crippen molar-refractivity contribution in [3.8, 4) is 17.0 Å². The standard InChI is InChI=1S/C14H12F2N4O/c1-17-12-6-7-13-18-8-10(20(13)19-12)9-4-2-3-5-11(9)21-14(15)16/h2-8,14H,1H3,(H,17,19). The summed E-state index contributed by atoms with van der Waals surface area (Å²) in [6.45, 7) is -2.88. The van der Waals surface area contributed by atoms with Gasteiger partial charge in [0.25, 0.3) is 0 Å². The van der Waals surface area contributed by atoms with Gasteiger partial charge in [-0.1, -0.05) is 12.1 Å². The molecule has 3 aromatic rings. The Balaban J connectivity index is 2.16. The maximum atomic E-state index is 12.5. The molecule has 108 valence electrons. The summed E-state index contributed by atoms with van der Waals surface area (Å²) in [6, 6.07) is 10.1. The zero-order valence-electron chi connectivity index (χ0n) is 11.1. The first-order valence-corrected chi connectivity index (χ1v) is 6.26. The number of hydrogen-bond acceptors (Lipinski definition) is 4. The Morgan fingerprint density at radius 1 is 1.19 bits per heavy atom. The van der Waals surface area contributed by atoms with Gasteiger partial charge in [-0.3, -0.25) is 0 Å². The van der Waals surface area contributed by atoms with Crippen LogP contribution in [0.4, 0.5) is 14.6 Å². The van der Waals surface area contributed by atoms with Crippen molar-refractivity contribution in [2.45, 2.75) is 6.61 Å². The van der Waals surface area contributed by atoms with Gasteiger partial charge in [0.05, 0.1) is 11.9 Å². The average Bonchev–Trinajstić information content (AvgIpc) is 2.90. The highest BCUT2D eigenvalue weighted by Gasteiger charge is 2.15. The molecule has 0 aliphatic rings. The number of para-hydroxylation sites is 1. The maximum absolute atomic E-state index is 12.5. The van der Waals surface area contributed by atoms with Crippen LogP contribution >= 0.6 is 0 Å². The monoisotopic (exact) mass is 290 g/mol. The van der Waals surface area contributed by atoms with Gasteiger partial charge < -0.3 is 10.1 Å². The predicted molar refractivity (Wildman–Crippen MR) is 74.6 cm³/mol. The number of imidazole rings is 1. The van der Waals surface area contributed by atoms with Gasteiger partial charge >= 0.3 is 6.61 Å². The van der Waals surface area contributed by atoms with Crippen molar-refractivity contribution in [2.24, 2.45) is 0 Å². The fourth-order valence-electron chi connectivity index (χ4n) is 2.07. The van der Waals surface area contributed by atoms with E-state index < -0.39 is 6.61 Å². The minimum Gasteiger partial charge on any atom is -0.434 e. The number of alkyl halides is 2. The van der Waals surface area contributed by atoms with Crippen molar-refractivity contribution < 1.29 is 13.5 Å². The van der Waals surface area contributed by atoms with Crippen LogP contribution in [0.2, 0.25) is 0 Å². The Bertz CT molecular complexity index is 773. The molecule has 1 aromatic carbocycles. The summed E-state index contributed by atoms with van der Waals surface area (Å²) in [7, 11) is 1.75.